The number of phosphoric acid groups is 1. The monoisotopic (exact) mass is 854 g/mol. The topological polar surface area (TPSA) is 134 Å². The maximum atomic E-state index is 12.6. The second kappa shape index (κ2) is 45.7. The molecule has 59 heavy (non-hydrogen) atoms. The van der Waals surface area contributed by atoms with Crippen molar-refractivity contribution in [2.75, 3.05) is 26.4 Å². The number of unbranched alkanes of at least 4 members (excludes halogenated alkanes) is 27. The van der Waals surface area contributed by atoms with Crippen LogP contribution in [0, 0.1) is 0 Å². The van der Waals surface area contributed by atoms with Gasteiger partial charge in [-0.3, -0.25) is 18.6 Å². The third kappa shape index (κ3) is 45.6. The first-order valence-electron chi connectivity index (χ1n) is 24.5. The molecule has 0 saturated carbocycles. The third-order valence-corrected chi connectivity index (χ3v) is 11.5. The molecule has 0 saturated heterocycles. The molecule has 9 nitrogen and oxygen atoms in total. The van der Waals surface area contributed by atoms with Crippen molar-refractivity contribution in [1.29, 1.82) is 0 Å². The first-order valence-corrected chi connectivity index (χ1v) is 26.0. The second-order valence-electron chi connectivity index (χ2n) is 16.3. The standard InChI is InChI=1S/C49H92NO8P/c1-3-5-7-9-11-13-15-17-19-20-21-22-23-24-25-26-28-30-32-34-36-38-40-42-49(52)58-47(46-57-59(53,54)56-44-43-50)45-55-48(51)41-39-37-35-33-31-29-27-18-16-14-12-10-8-6-4-2/h26,28,31,33-34,36,47H,3-25,27,29-30,32,35,37-46,50H2,1-2H3,(H,53,54)/b28-26+,33-31+,36-34+/t47-/m1/s1. The number of phosphoric ester groups is 1. The fraction of sp³-hybridized carbons (Fsp3) is 0.837. The molecule has 0 amide bonds. The summed E-state index contributed by atoms with van der Waals surface area (Å²) in [6.45, 7) is 3.69. The van der Waals surface area contributed by atoms with Gasteiger partial charge in [-0.1, -0.05) is 185 Å². The van der Waals surface area contributed by atoms with Gasteiger partial charge in [0.05, 0.1) is 13.2 Å². The van der Waals surface area contributed by atoms with Crippen LogP contribution in [-0.4, -0.2) is 49.3 Å². The number of allylic oxidation sites excluding steroid dienone is 6. The van der Waals surface area contributed by atoms with Gasteiger partial charge >= 0.3 is 19.8 Å². The van der Waals surface area contributed by atoms with Crippen molar-refractivity contribution >= 4 is 19.8 Å². The lowest BCUT2D eigenvalue weighted by atomic mass is 10.0. The Kier molecular flexibility index (Phi) is 44.4. The zero-order valence-electron chi connectivity index (χ0n) is 38.2. The van der Waals surface area contributed by atoms with Crippen LogP contribution in [0.1, 0.15) is 232 Å². The zero-order chi connectivity index (χ0) is 43.2. The van der Waals surface area contributed by atoms with Crippen LogP contribution in [0.15, 0.2) is 36.5 Å². The Bertz CT molecular complexity index is 1060. The van der Waals surface area contributed by atoms with Crippen molar-refractivity contribution in [2.45, 2.75) is 238 Å². The average Bonchev–Trinajstić information content (AvgIpc) is 3.22. The Morgan fingerprint density at radius 3 is 1.31 bits per heavy atom. The average molecular weight is 854 g/mol. The Hall–Kier alpha value is -1.77. The van der Waals surface area contributed by atoms with Crippen LogP contribution in [0.5, 0.6) is 0 Å². The molecule has 0 aromatic carbocycles. The quantitative estimate of drug-likeness (QED) is 0.0265. The molecule has 3 N–H and O–H groups in total. The summed E-state index contributed by atoms with van der Waals surface area (Å²) in [5.74, 6) is -0.898. The molecule has 0 aromatic heterocycles. The predicted octanol–water partition coefficient (Wildman–Crippen LogP) is 14.5. The van der Waals surface area contributed by atoms with Crippen molar-refractivity contribution in [2.24, 2.45) is 5.73 Å². The van der Waals surface area contributed by atoms with Gasteiger partial charge in [0.2, 0.25) is 0 Å². The van der Waals surface area contributed by atoms with E-state index in [4.69, 9.17) is 24.3 Å². The fourth-order valence-corrected chi connectivity index (χ4v) is 7.59. The molecule has 0 aliphatic heterocycles. The summed E-state index contributed by atoms with van der Waals surface area (Å²) in [6, 6.07) is 0. The predicted molar refractivity (Wildman–Crippen MR) is 247 cm³/mol. The molecule has 0 bridgehead atoms. The van der Waals surface area contributed by atoms with Gasteiger partial charge in [0.15, 0.2) is 6.10 Å². The van der Waals surface area contributed by atoms with Crippen LogP contribution >= 0.6 is 7.82 Å². The molecule has 2 atom stereocenters. The number of carbonyl (C=O) groups is 2. The minimum atomic E-state index is -4.39. The number of rotatable bonds is 46. The summed E-state index contributed by atoms with van der Waals surface area (Å²) < 4.78 is 32.8. The molecule has 0 heterocycles. The van der Waals surface area contributed by atoms with E-state index < -0.39 is 32.5 Å². The normalized spacial score (nSPS) is 13.5. The molecule has 10 heteroatoms. The maximum Gasteiger partial charge on any atom is 0.472 e. The molecule has 0 spiro atoms. The smallest absolute Gasteiger partial charge is 0.462 e. The van der Waals surface area contributed by atoms with Crippen LogP contribution in [0.2, 0.25) is 0 Å². The van der Waals surface area contributed by atoms with Crippen molar-refractivity contribution in [3.05, 3.63) is 36.5 Å². The van der Waals surface area contributed by atoms with Crippen LogP contribution in [0.3, 0.4) is 0 Å². The molecule has 0 aliphatic carbocycles. The summed E-state index contributed by atoms with van der Waals surface area (Å²) in [5, 5.41) is 0. The highest BCUT2D eigenvalue weighted by Gasteiger charge is 2.26. The largest absolute Gasteiger partial charge is 0.472 e. The van der Waals surface area contributed by atoms with Gasteiger partial charge in [0.1, 0.15) is 6.61 Å². The lowest BCUT2D eigenvalue weighted by molar-refractivity contribution is -0.161. The number of nitrogens with two attached hydrogens (primary N) is 1. The van der Waals surface area contributed by atoms with E-state index in [-0.39, 0.29) is 32.6 Å². The number of esters is 2. The summed E-state index contributed by atoms with van der Waals surface area (Å²) >= 11 is 0. The zero-order valence-corrected chi connectivity index (χ0v) is 39.1. The molecule has 0 rings (SSSR count). The summed E-state index contributed by atoms with van der Waals surface area (Å²) in [5.41, 5.74) is 5.35. The molecule has 0 radical (unpaired) electrons. The van der Waals surface area contributed by atoms with Crippen LogP contribution in [0.25, 0.3) is 0 Å². The lowest BCUT2D eigenvalue weighted by Crippen LogP contribution is -2.29. The van der Waals surface area contributed by atoms with Crippen molar-refractivity contribution < 1.29 is 37.6 Å². The molecule has 0 aliphatic rings. The molecule has 346 valence electrons. The van der Waals surface area contributed by atoms with Gasteiger partial charge in [-0.25, -0.2) is 4.57 Å². The van der Waals surface area contributed by atoms with Gasteiger partial charge in [0, 0.05) is 19.4 Å². The fourth-order valence-electron chi connectivity index (χ4n) is 6.83. The Morgan fingerprint density at radius 1 is 0.492 bits per heavy atom. The number of ether oxygens (including phenoxy) is 2. The van der Waals surface area contributed by atoms with E-state index in [1.165, 1.54) is 148 Å². The Balaban J connectivity index is 4.13. The third-order valence-electron chi connectivity index (χ3n) is 10.5. The summed E-state index contributed by atoms with van der Waals surface area (Å²) in [7, 11) is -4.39. The first kappa shape index (κ1) is 57.2. The second-order valence-corrected chi connectivity index (χ2v) is 17.8. The first-order chi connectivity index (χ1) is 28.8. The SMILES string of the molecule is CCCCCCCCCCC/C=C/CCCCC(=O)OC[C@H](COP(=O)(O)OCCN)OC(=O)CCC/C=C/CC/C=C/CCCCCCCCCCCCCCCC. The van der Waals surface area contributed by atoms with Crippen molar-refractivity contribution in [1.82, 2.24) is 0 Å². The van der Waals surface area contributed by atoms with Crippen LogP contribution < -0.4 is 5.73 Å². The Morgan fingerprint density at radius 2 is 0.864 bits per heavy atom. The molecule has 0 aromatic rings. The van der Waals surface area contributed by atoms with E-state index in [0.29, 0.717) is 12.8 Å². The van der Waals surface area contributed by atoms with Crippen LogP contribution in [-0.2, 0) is 32.7 Å². The van der Waals surface area contributed by atoms with E-state index >= 15 is 0 Å². The van der Waals surface area contributed by atoms with E-state index in [9.17, 15) is 19.0 Å². The van der Waals surface area contributed by atoms with Gasteiger partial charge in [-0.2, -0.15) is 0 Å². The van der Waals surface area contributed by atoms with Crippen molar-refractivity contribution in [3.63, 3.8) is 0 Å². The summed E-state index contributed by atoms with van der Waals surface area (Å²) in [6.07, 6.45) is 52.0. The van der Waals surface area contributed by atoms with Gasteiger partial charge in [-0.05, 0) is 70.6 Å². The van der Waals surface area contributed by atoms with E-state index in [1.807, 2.05) is 0 Å². The van der Waals surface area contributed by atoms with E-state index in [2.05, 4.69) is 50.3 Å². The molecular weight excluding hydrogens is 762 g/mol. The van der Waals surface area contributed by atoms with Gasteiger partial charge in [0.25, 0.3) is 0 Å². The lowest BCUT2D eigenvalue weighted by Gasteiger charge is -2.19. The molecule has 1 unspecified atom stereocenters. The van der Waals surface area contributed by atoms with Crippen LogP contribution in [0.4, 0.5) is 0 Å². The maximum absolute atomic E-state index is 12.6. The number of hydrogen-bond donors (Lipinski definition) is 2. The highest BCUT2D eigenvalue weighted by atomic mass is 31.2. The van der Waals surface area contributed by atoms with Crippen molar-refractivity contribution in [3.8, 4) is 0 Å². The molecule has 0 fully saturated rings. The minimum Gasteiger partial charge on any atom is -0.462 e. The highest BCUT2D eigenvalue weighted by Crippen LogP contribution is 2.43. The Labute approximate surface area is 363 Å². The highest BCUT2D eigenvalue weighted by molar-refractivity contribution is 7.47. The van der Waals surface area contributed by atoms with Gasteiger partial charge in [-0.15, -0.1) is 0 Å². The molecular formula is C49H92NO8P. The number of carbonyl (C=O) groups excluding carboxylic acids is 2. The minimum absolute atomic E-state index is 0.0454. The summed E-state index contributed by atoms with van der Waals surface area (Å²) in [4.78, 5) is 34.9. The van der Waals surface area contributed by atoms with E-state index in [1.54, 1.807) is 0 Å². The van der Waals surface area contributed by atoms with E-state index in [0.717, 1.165) is 44.9 Å². The van der Waals surface area contributed by atoms with Gasteiger partial charge < -0.3 is 20.1 Å². The number of hydrogen-bond acceptors (Lipinski definition) is 8.